The number of halogens is 2. The van der Waals surface area contributed by atoms with Crippen LogP contribution in [0.4, 0.5) is 8.78 Å². The zero-order valence-electron chi connectivity index (χ0n) is 15.0. The molecule has 144 valence electrons. The van der Waals surface area contributed by atoms with Crippen LogP contribution in [0.15, 0.2) is 48.5 Å². The molecule has 2 N–H and O–H groups in total. The first-order valence-electron chi connectivity index (χ1n) is 9.01. The van der Waals surface area contributed by atoms with Gasteiger partial charge in [-0.3, -0.25) is 9.69 Å². The van der Waals surface area contributed by atoms with Gasteiger partial charge < -0.3 is 15.4 Å². The van der Waals surface area contributed by atoms with Crippen molar-refractivity contribution >= 4 is 5.91 Å². The Hall–Kier alpha value is -2.51. The van der Waals surface area contributed by atoms with Crippen molar-refractivity contribution < 1.29 is 18.3 Å². The van der Waals surface area contributed by atoms with Crippen molar-refractivity contribution in [3.05, 3.63) is 65.7 Å². The molecule has 0 radical (unpaired) electrons. The van der Waals surface area contributed by atoms with Gasteiger partial charge in [-0.05, 0) is 12.1 Å². The molecule has 0 spiro atoms. The number of carbonyl (C=O) groups is 1. The Morgan fingerprint density at radius 2 is 1.85 bits per heavy atom. The highest BCUT2D eigenvalue weighted by atomic mass is 19.2. The number of piperazine rings is 1. The summed E-state index contributed by atoms with van der Waals surface area (Å²) in [6.07, 6.45) is -0.945. The van der Waals surface area contributed by atoms with E-state index in [0.717, 1.165) is 44.9 Å². The van der Waals surface area contributed by atoms with E-state index < -0.39 is 17.7 Å². The van der Waals surface area contributed by atoms with Crippen molar-refractivity contribution in [2.45, 2.75) is 6.10 Å². The zero-order valence-corrected chi connectivity index (χ0v) is 15.0. The molecule has 27 heavy (non-hydrogen) atoms. The molecule has 1 unspecified atom stereocenters. The molecule has 1 atom stereocenters. The Bertz CT molecular complexity index is 752. The van der Waals surface area contributed by atoms with E-state index in [1.165, 1.54) is 6.07 Å². The number of amides is 1. The summed E-state index contributed by atoms with van der Waals surface area (Å²) < 4.78 is 32.3. The number of nitrogens with one attached hydrogen (secondary N) is 2. The van der Waals surface area contributed by atoms with Crippen molar-refractivity contribution in [2.75, 3.05) is 39.3 Å². The Balaban J connectivity index is 1.65. The fraction of sp³-hybridized carbons (Fsp3) is 0.350. The van der Waals surface area contributed by atoms with Crippen LogP contribution in [0.2, 0.25) is 0 Å². The summed E-state index contributed by atoms with van der Waals surface area (Å²) in [5.41, 5.74) is 0.641. The van der Waals surface area contributed by atoms with Crippen LogP contribution in [0.25, 0.3) is 0 Å². The van der Waals surface area contributed by atoms with E-state index >= 15 is 0 Å². The van der Waals surface area contributed by atoms with E-state index in [4.69, 9.17) is 4.74 Å². The molecule has 1 fully saturated rings. The highest BCUT2D eigenvalue weighted by Gasteiger charge is 2.23. The number of benzene rings is 2. The lowest BCUT2D eigenvalue weighted by Crippen LogP contribution is -2.46. The van der Waals surface area contributed by atoms with E-state index in [1.807, 2.05) is 6.07 Å². The Labute approximate surface area is 157 Å². The standard InChI is InChI=1S/C20H23F2N3O2/c21-17-7-6-16(14-18(17)22)27-19(15-4-2-1-3-5-15)20(26)24-10-13-25-11-8-23-9-12-25/h1-7,14,19,23H,8-13H2,(H,24,26). The van der Waals surface area contributed by atoms with E-state index in [9.17, 15) is 13.6 Å². The van der Waals surface area contributed by atoms with Crippen molar-refractivity contribution in [1.82, 2.24) is 15.5 Å². The average molecular weight is 375 g/mol. The SMILES string of the molecule is O=C(NCCN1CCNCC1)C(Oc1ccc(F)c(F)c1)c1ccccc1. The lowest BCUT2D eigenvalue weighted by molar-refractivity contribution is -0.128. The fourth-order valence-corrected chi connectivity index (χ4v) is 2.95. The zero-order chi connectivity index (χ0) is 19.1. The quantitative estimate of drug-likeness (QED) is 0.778. The maximum atomic E-state index is 13.5. The van der Waals surface area contributed by atoms with Crippen LogP contribution in [0, 0.1) is 11.6 Å². The molecule has 1 aliphatic rings. The summed E-state index contributed by atoms with van der Waals surface area (Å²) in [5, 5.41) is 6.16. The van der Waals surface area contributed by atoms with Crippen LogP contribution >= 0.6 is 0 Å². The fourth-order valence-electron chi connectivity index (χ4n) is 2.95. The number of rotatable bonds is 7. The van der Waals surface area contributed by atoms with Gasteiger partial charge in [-0.1, -0.05) is 30.3 Å². The maximum absolute atomic E-state index is 13.5. The average Bonchev–Trinajstić information content (AvgIpc) is 2.70. The molecule has 1 amide bonds. The van der Waals surface area contributed by atoms with Gasteiger partial charge in [0.1, 0.15) is 5.75 Å². The first-order chi connectivity index (χ1) is 13.1. The molecule has 0 bridgehead atoms. The van der Waals surface area contributed by atoms with Gasteiger partial charge in [0.25, 0.3) is 5.91 Å². The topological polar surface area (TPSA) is 53.6 Å². The van der Waals surface area contributed by atoms with Crippen LogP contribution in [0.5, 0.6) is 5.75 Å². The van der Waals surface area contributed by atoms with Gasteiger partial charge in [-0.15, -0.1) is 0 Å². The minimum absolute atomic E-state index is 0.0972. The second-order valence-electron chi connectivity index (χ2n) is 6.37. The molecular weight excluding hydrogens is 352 g/mol. The Morgan fingerprint density at radius 1 is 1.11 bits per heavy atom. The van der Waals surface area contributed by atoms with Gasteiger partial charge in [-0.2, -0.15) is 0 Å². The molecule has 0 saturated carbocycles. The Morgan fingerprint density at radius 3 is 2.56 bits per heavy atom. The minimum Gasteiger partial charge on any atom is -0.476 e. The van der Waals surface area contributed by atoms with Crippen molar-refractivity contribution in [1.29, 1.82) is 0 Å². The first kappa shape index (κ1) is 19.3. The van der Waals surface area contributed by atoms with Crippen LogP contribution in [-0.4, -0.2) is 50.1 Å². The maximum Gasteiger partial charge on any atom is 0.265 e. The third kappa shape index (κ3) is 5.48. The number of hydrogen-bond acceptors (Lipinski definition) is 4. The second kappa shape index (κ2) is 9.43. The molecule has 3 rings (SSSR count). The van der Waals surface area contributed by atoms with Gasteiger partial charge in [0.15, 0.2) is 11.6 Å². The molecule has 5 nitrogen and oxygen atoms in total. The normalized spacial score (nSPS) is 15.9. The van der Waals surface area contributed by atoms with Crippen LogP contribution < -0.4 is 15.4 Å². The summed E-state index contributed by atoms with van der Waals surface area (Å²) in [6.45, 7) is 5.02. The highest BCUT2D eigenvalue weighted by molar-refractivity contribution is 5.82. The van der Waals surface area contributed by atoms with Crippen molar-refractivity contribution in [3.63, 3.8) is 0 Å². The molecule has 1 heterocycles. The first-order valence-corrected chi connectivity index (χ1v) is 9.01. The Kier molecular flexibility index (Phi) is 6.73. The lowest BCUT2D eigenvalue weighted by Gasteiger charge is -2.27. The summed E-state index contributed by atoms with van der Waals surface area (Å²) in [4.78, 5) is 15.0. The highest BCUT2D eigenvalue weighted by Crippen LogP contribution is 2.24. The van der Waals surface area contributed by atoms with E-state index in [2.05, 4.69) is 15.5 Å². The van der Waals surface area contributed by atoms with Gasteiger partial charge in [0.05, 0.1) is 0 Å². The van der Waals surface area contributed by atoms with E-state index in [1.54, 1.807) is 24.3 Å². The van der Waals surface area contributed by atoms with Crippen LogP contribution in [-0.2, 0) is 4.79 Å². The molecule has 2 aromatic rings. The van der Waals surface area contributed by atoms with Gasteiger partial charge >= 0.3 is 0 Å². The van der Waals surface area contributed by atoms with Gasteiger partial charge in [-0.25, -0.2) is 8.78 Å². The summed E-state index contributed by atoms with van der Waals surface area (Å²) in [7, 11) is 0. The number of hydrogen-bond donors (Lipinski definition) is 2. The molecule has 1 aliphatic heterocycles. The van der Waals surface area contributed by atoms with Gasteiger partial charge in [0.2, 0.25) is 6.10 Å². The third-order valence-electron chi connectivity index (χ3n) is 4.42. The predicted molar refractivity (Wildman–Crippen MR) is 98.5 cm³/mol. The van der Waals surface area contributed by atoms with Crippen LogP contribution in [0.3, 0.4) is 0 Å². The number of nitrogens with zero attached hydrogens (tertiary/aromatic N) is 1. The van der Waals surface area contributed by atoms with Crippen molar-refractivity contribution in [3.8, 4) is 5.75 Å². The molecule has 0 aromatic heterocycles. The molecular formula is C20H23F2N3O2. The second-order valence-corrected chi connectivity index (χ2v) is 6.37. The molecule has 2 aromatic carbocycles. The lowest BCUT2D eigenvalue weighted by atomic mass is 10.1. The third-order valence-corrected chi connectivity index (χ3v) is 4.42. The number of carbonyl (C=O) groups excluding carboxylic acids is 1. The number of ether oxygens (including phenoxy) is 1. The minimum atomic E-state index is -1.02. The summed E-state index contributed by atoms with van der Waals surface area (Å²) in [6, 6.07) is 12.2. The van der Waals surface area contributed by atoms with E-state index in [-0.39, 0.29) is 11.7 Å². The predicted octanol–water partition coefficient (Wildman–Crippen LogP) is 2.11. The van der Waals surface area contributed by atoms with E-state index in [0.29, 0.717) is 12.1 Å². The smallest absolute Gasteiger partial charge is 0.265 e. The van der Waals surface area contributed by atoms with Crippen LogP contribution in [0.1, 0.15) is 11.7 Å². The summed E-state index contributed by atoms with van der Waals surface area (Å²) in [5.74, 6) is -2.20. The summed E-state index contributed by atoms with van der Waals surface area (Å²) >= 11 is 0. The monoisotopic (exact) mass is 375 g/mol. The molecule has 1 saturated heterocycles. The largest absolute Gasteiger partial charge is 0.476 e. The molecule has 7 heteroatoms. The van der Waals surface area contributed by atoms with Gasteiger partial charge in [0, 0.05) is 50.9 Å². The molecule has 0 aliphatic carbocycles. The van der Waals surface area contributed by atoms with Crippen molar-refractivity contribution in [2.24, 2.45) is 0 Å².